The van der Waals surface area contributed by atoms with Gasteiger partial charge in [0, 0.05) is 43.7 Å². The van der Waals surface area contributed by atoms with Crippen molar-refractivity contribution in [3.63, 3.8) is 0 Å². The van der Waals surface area contributed by atoms with E-state index in [9.17, 15) is 10.2 Å². The Morgan fingerprint density at radius 2 is 1.26 bits per heavy atom. The van der Waals surface area contributed by atoms with Crippen molar-refractivity contribution in [2.75, 3.05) is 39.4 Å². The Kier molecular flexibility index (Phi) is 11.9. The van der Waals surface area contributed by atoms with Crippen LogP contribution in [0.4, 0.5) is 0 Å². The second-order valence-electron chi connectivity index (χ2n) is 9.78. The van der Waals surface area contributed by atoms with E-state index in [4.69, 9.17) is 20.9 Å². The van der Waals surface area contributed by atoms with Crippen LogP contribution in [0, 0.1) is 0 Å². The molecule has 2 aromatic rings. The number of benzene rings is 2. The number of hydrogen-bond donors (Lipinski definition) is 6. The maximum Gasteiger partial charge on any atom is 0.119 e. The highest BCUT2D eigenvalue weighted by Crippen LogP contribution is 2.33. The first-order valence-electron chi connectivity index (χ1n) is 12.3. The fraction of sp³-hybridized carbons (Fsp3) is 0.556. The molecular formula is C27H44N4O4. The molecule has 8 nitrogen and oxygen atoms in total. The number of hydrogen-bond acceptors (Lipinski definition) is 8. The molecule has 2 aromatic carbocycles. The van der Waals surface area contributed by atoms with E-state index in [1.165, 1.54) is 0 Å². The molecule has 0 aliphatic heterocycles. The van der Waals surface area contributed by atoms with Crippen LogP contribution in [-0.2, 0) is 5.41 Å². The second kappa shape index (κ2) is 14.4. The molecule has 0 saturated heterocycles. The molecule has 0 aliphatic carbocycles. The lowest BCUT2D eigenvalue weighted by atomic mass is 9.78. The van der Waals surface area contributed by atoms with Gasteiger partial charge in [-0.05, 0) is 49.2 Å². The Balaban J connectivity index is 1.86. The van der Waals surface area contributed by atoms with Gasteiger partial charge in [0.2, 0.25) is 0 Å². The van der Waals surface area contributed by atoms with Crippen LogP contribution in [0.15, 0.2) is 48.5 Å². The van der Waals surface area contributed by atoms with E-state index in [0.717, 1.165) is 11.1 Å². The minimum Gasteiger partial charge on any atom is -0.491 e. The quantitative estimate of drug-likeness (QED) is 0.209. The lowest BCUT2D eigenvalue weighted by Gasteiger charge is -2.26. The van der Waals surface area contributed by atoms with Crippen molar-refractivity contribution in [3.8, 4) is 11.5 Å². The molecule has 2 rings (SSSR count). The number of aliphatic hydroxyl groups excluding tert-OH is 2. The SMILES string of the molecule is CC(N)CNCC(O)COc1ccc(C(C)(C)c2ccc(OCC(O)CNC(C)CN)cc2)cc1. The molecule has 0 aliphatic rings. The molecule has 0 heterocycles. The summed E-state index contributed by atoms with van der Waals surface area (Å²) in [4.78, 5) is 0. The van der Waals surface area contributed by atoms with Crippen molar-refractivity contribution >= 4 is 0 Å². The molecule has 0 bridgehead atoms. The molecular weight excluding hydrogens is 444 g/mol. The van der Waals surface area contributed by atoms with Crippen molar-refractivity contribution in [1.29, 1.82) is 0 Å². The van der Waals surface area contributed by atoms with Crippen LogP contribution in [0.2, 0.25) is 0 Å². The third kappa shape index (κ3) is 10.1. The molecule has 35 heavy (non-hydrogen) atoms. The Labute approximate surface area is 210 Å². The zero-order valence-electron chi connectivity index (χ0n) is 21.5. The predicted octanol–water partition coefficient (Wildman–Crippen LogP) is 1.37. The van der Waals surface area contributed by atoms with Gasteiger partial charge in [-0.1, -0.05) is 38.1 Å². The van der Waals surface area contributed by atoms with E-state index < -0.39 is 12.2 Å². The third-order valence-corrected chi connectivity index (χ3v) is 5.94. The maximum atomic E-state index is 10.1. The number of aliphatic hydroxyl groups is 2. The summed E-state index contributed by atoms with van der Waals surface area (Å²) < 4.78 is 11.5. The summed E-state index contributed by atoms with van der Waals surface area (Å²) in [7, 11) is 0. The fourth-order valence-corrected chi connectivity index (χ4v) is 3.50. The first kappa shape index (κ1) is 29.0. The predicted molar refractivity (Wildman–Crippen MR) is 141 cm³/mol. The molecule has 0 fully saturated rings. The van der Waals surface area contributed by atoms with Gasteiger partial charge >= 0.3 is 0 Å². The van der Waals surface area contributed by atoms with Gasteiger partial charge < -0.3 is 41.8 Å². The van der Waals surface area contributed by atoms with Crippen molar-refractivity contribution in [2.45, 2.75) is 57.4 Å². The van der Waals surface area contributed by atoms with Crippen LogP contribution < -0.4 is 31.6 Å². The fourth-order valence-electron chi connectivity index (χ4n) is 3.50. The number of ether oxygens (including phenoxy) is 2. The van der Waals surface area contributed by atoms with E-state index in [2.05, 4.69) is 24.5 Å². The van der Waals surface area contributed by atoms with Crippen LogP contribution >= 0.6 is 0 Å². The van der Waals surface area contributed by atoms with Gasteiger partial charge in [-0.25, -0.2) is 0 Å². The topological polar surface area (TPSA) is 135 Å². The Morgan fingerprint density at radius 1 is 0.800 bits per heavy atom. The summed E-state index contributed by atoms with van der Waals surface area (Å²) in [5, 5.41) is 26.4. The smallest absolute Gasteiger partial charge is 0.119 e. The second-order valence-corrected chi connectivity index (χ2v) is 9.78. The van der Waals surface area contributed by atoms with Crippen LogP contribution in [0.25, 0.3) is 0 Å². The molecule has 196 valence electrons. The summed E-state index contributed by atoms with van der Waals surface area (Å²) >= 11 is 0. The van der Waals surface area contributed by atoms with Crippen molar-refractivity contribution in [1.82, 2.24) is 10.6 Å². The highest BCUT2D eigenvalue weighted by Gasteiger charge is 2.23. The van der Waals surface area contributed by atoms with E-state index in [1.54, 1.807) is 0 Å². The summed E-state index contributed by atoms with van der Waals surface area (Å²) in [6.07, 6.45) is -1.20. The average molecular weight is 489 g/mol. The molecule has 4 atom stereocenters. The maximum absolute atomic E-state index is 10.1. The highest BCUT2D eigenvalue weighted by molar-refractivity contribution is 5.41. The minimum atomic E-state index is -0.604. The van der Waals surface area contributed by atoms with E-state index in [-0.39, 0.29) is 30.7 Å². The van der Waals surface area contributed by atoms with E-state index in [0.29, 0.717) is 37.7 Å². The standard InChI is InChI=1S/C27H44N4O4/c1-19(29)14-30-15-23(32)17-34-25-9-5-21(6-10-25)27(3,4)22-7-11-26(12-8-22)35-18-24(33)16-31-20(2)13-28/h5-12,19-20,23-24,30-33H,13-18,28-29H2,1-4H3. The van der Waals surface area contributed by atoms with Gasteiger partial charge in [-0.2, -0.15) is 0 Å². The van der Waals surface area contributed by atoms with Gasteiger partial charge in [0.15, 0.2) is 0 Å². The number of nitrogens with one attached hydrogen (secondary N) is 2. The van der Waals surface area contributed by atoms with Gasteiger partial charge in [0.1, 0.15) is 36.9 Å². The first-order valence-corrected chi connectivity index (χ1v) is 12.3. The molecule has 8 N–H and O–H groups in total. The average Bonchev–Trinajstić information content (AvgIpc) is 2.85. The summed E-state index contributed by atoms with van der Waals surface area (Å²) in [5.74, 6) is 1.43. The van der Waals surface area contributed by atoms with E-state index >= 15 is 0 Å². The summed E-state index contributed by atoms with van der Waals surface area (Å²) in [6, 6.07) is 16.1. The van der Waals surface area contributed by atoms with Crippen LogP contribution in [0.1, 0.15) is 38.8 Å². The monoisotopic (exact) mass is 488 g/mol. The van der Waals surface area contributed by atoms with Crippen LogP contribution in [0.3, 0.4) is 0 Å². The van der Waals surface area contributed by atoms with Crippen molar-refractivity contribution < 1.29 is 19.7 Å². The third-order valence-electron chi connectivity index (χ3n) is 5.94. The van der Waals surface area contributed by atoms with Crippen LogP contribution in [0.5, 0.6) is 11.5 Å². The van der Waals surface area contributed by atoms with Crippen molar-refractivity contribution in [3.05, 3.63) is 59.7 Å². The van der Waals surface area contributed by atoms with Gasteiger partial charge in [0.05, 0.1) is 0 Å². The molecule has 4 unspecified atom stereocenters. The van der Waals surface area contributed by atoms with Gasteiger partial charge in [-0.3, -0.25) is 0 Å². The lowest BCUT2D eigenvalue weighted by Crippen LogP contribution is -2.40. The molecule has 8 heteroatoms. The molecule has 0 saturated carbocycles. The first-order chi connectivity index (χ1) is 16.6. The Morgan fingerprint density at radius 3 is 1.69 bits per heavy atom. The van der Waals surface area contributed by atoms with Crippen LogP contribution in [-0.4, -0.2) is 73.9 Å². The largest absolute Gasteiger partial charge is 0.491 e. The molecule has 0 radical (unpaired) electrons. The van der Waals surface area contributed by atoms with Gasteiger partial charge in [0.25, 0.3) is 0 Å². The summed E-state index contributed by atoms with van der Waals surface area (Å²) in [6.45, 7) is 10.7. The van der Waals surface area contributed by atoms with Gasteiger partial charge in [-0.15, -0.1) is 0 Å². The minimum absolute atomic E-state index is 0.0498. The highest BCUT2D eigenvalue weighted by atomic mass is 16.5. The molecule has 0 aromatic heterocycles. The van der Waals surface area contributed by atoms with E-state index in [1.807, 2.05) is 62.4 Å². The number of rotatable bonds is 16. The zero-order chi connectivity index (χ0) is 25.8. The Hall–Kier alpha value is -2.20. The number of nitrogens with two attached hydrogens (primary N) is 2. The zero-order valence-corrected chi connectivity index (χ0v) is 21.5. The molecule has 0 amide bonds. The molecule has 0 spiro atoms. The normalized spacial score (nSPS) is 15.3. The summed E-state index contributed by atoms with van der Waals surface area (Å²) in [5.41, 5.74) is 13.3. The Bertz CT molecular complexity index is 843. The van der Waals surface area contributed by atoms with Crippen molar-refractivity contribution in [2.24, 2.45) is 11.5 Å². The lowest BCUT2D eigenvalue weighted by molar-refractivity contribution is 0.104.